The molecule has 0 spiro atoms. The minimum atomic E-state index is -0.949. The lowest BCUT2D eigenvalue weighted by molar-refractivity contribution is 0.301. The topological polar surface area (TPSA) is 0 Å². The molecule has 2 aliphatic rings. The Morgan fingerprint density at radius 1 is 0.686 bits per heavy atom. The van der Waals surface area contributed by atoms with Crippen LogP contribution < -0.4 is 0 Å². The van der Waals surface area contributed by atoms with Crippen molar-refractivity contribution in [3.05, 3.63) is 69.8 Å². The van der Waals surface area contributed by atoms with E-state index in [-0.39, 0.29) is 17.9 Å². The molecule has 0 saturated heterocycles. The van der Waals surface area contributed by atoms with E-state index in [0.29, 0.717) is 16.7 Å². The van der Waals surface area contributed by atoms with Crippen molar-refractivity contribution < 1.29 is 17.6 Å². The Morgan fingerprint density at radius 2 is 1.29 bits per heavy atom. The van der Waals surface area contributed by atoms with Crippen LogP contribution in [0.5, 0.6) is 0 Å². The van der Waals surface area contributed by atoms with Crippen molar-refractivity contribution in [1.29, 1.82) is 0 Å². The first-order valence-electron chi connectivity index (χ1n) is 13.6. The molecule has 0 bridgehead atoms. The predicted molar refractivity (Wildman–Crippen MR) is 136 cm³/mol. The van der Waals surface area contributed by atoms with E-state index < -0.39 is 23.3 Å². The highest BCUT2D eigenvalue weighted by Crippen LogP contribution is 2.40. The third kappa shape index (κ3) is 6.57. The summed E-state index contributed by atoms with van der Waals surface area (Å²) in [5.41, 5.74) is 2.13. The number of allylic oxidation sites excluding steroid dienone is 1. The van der Waals surface area contributed by atoms with Gasteiger partial charge >= 0.3 is 0 Å². The number of fused-ring (bicyclic) bond motifs is 1. The molecule has 35 heavy (non-hydrogen) atoms. The van der Waals surface area contributed by atoms with E-state index in [0.717, 1.165) is 49.3 Å². The van der Waals surface area contributed by atoms with E-state index in [1.165, 1.54) is 69.9 Å². The van der Waals surface area contributed by atoms with Crippen molar-refractivity contribution in [3.8, 4) is 0 Å². The Balaban J connectivity index is 1.28. The molecule has 4 rings (SSSR count). The Bertz CT molecular complexity index is 1010. The van der Waals surface area contributed by atoms with Gasteiger partial charge in [0, 0.05) is 5.56 Å². The quantitative estimate of drug-likeness (QED) is 0.219. The van der Waals surface area contributed by atoms with Gasteiger partial charge in [-0.3, -0.25) is 0 Å². The van der Waals surface area contributed by atoms with Crippen molar-refractivity contribution >= 4 is 11.6 Å². The molecule has 0 unspecified atom stereocenters. The van der Waals surface area contributed by atoms with Gasteiger partial charge in [-0.15, -0.1) is 0 Å². The van der Waals surface area contributed by atoms with E-state index in [1.807, 2.05) is 0 Å². The van der Waals surface area contributed by atoms with Crippen molar-refractivity contribution in [1.82, 2.24) is 0 Å². The zero-order valence-corrected chi connectivity index (χ0v) is 21.0. The Hall–Kier alpha value is -2.10. The molecular weight excluding hydrogens is 448 g/mol. The SMILES string of the molecule is CCCCCCCCCCC1CCC(c2cc(F)c(C3=Cc4cc(F)c(F)cc4C3)c(F)c2)CC1. The summed E-state index contributed by atoms with van der Waals surface area (Å²) in [6.45, 7) is 2.25. The average Bonchev–Trinajstić information content (AvgIpc) is 3.23. The van der Waals surface area contributed by atoms with Gasteiger partial charge in [0.25, 0.3) is 0 Å². The average molecular weight is 487 g/mol. The number of unbranched alkanes of at least 4 members (excludes halogenated alkanes) is 7. The smallest absolute Gasteiger partial charge is 0.159 e. The third-order valence-corrected chi connectivity index (χ3v) is 8.06. The summed E-state index contributed by atoms with van der Waals surface area (Å²) >= 11 is 0. The minimum Gasteiger partial charge on any atom is -0.206 e. The maximum Gasteiger partial charge on any atom is 0.159 e. The van der Waals surface area contributed by atoms with Crippen LogP contribution in [0.4, 0.5) is 17.6 Å². The van der Waals surface area contributed by atoms with Crippen LogP contribution in [-0.4, -0.2) is 0 Å². The minimum absolute atomic E-state index is 0.0749. The van der Waals surface area contributed by atoms with E-state index >= 15 is 8.78 Å². The van der Waals surface area contributed by atoms with Crippen LogP contribution in [0.25, 0.3) is 11.6 Å². The van der Waals surface area contributed by atoms with Crippen LogP contribution in [0.15, 0.2) is 24.3 Å². The number of rotatable bonds is 11. The van der Waals surface area contributed by atoms with Crippen molar-refractivity contribution in [3.63, 3.8) is 0 Å². The fraction of sp³-hybridized carbons (Fsp3) is 0.548. The van der Waals surface area contributed by atoms with Crippen molar-refractivity contribution in [2.24, 2.45) is 5.92 Å². The van der Waals surface area contributed by atoms with E-state index in [1.54, 1.807) is 6.08 Å². The zero-order valence-electron chi connectivity index (χ0n) is 21.0. The summed E-state index contributed by atoms with van der Waals surface area (Å²) in [5.74, 6) is -2.12. The molecule has 0 amide bonds. The van der Waals surface area contributed by atoms with Crippen molar-refractivity contribution in [2.75, 3.05) is 0 Å². The summed E-state index contributed by atoms with van der Waals surface area (Å²) in [6, 6.07) is 5.16. The molecule has 0 N–H and O–H groups in total. The van der Waals surface area contributed by atoms with Crippen LogP contribution in [0.2, 0.25) is 0 Å². The second kappa shape index (κ2) is 12.2. The maximum absolute atomic E-state index is 15.1. The Morgan fingerprint density at radius 3 is 1.94 bits per heavy atom. The lowest BCUT2D eigenvalue weighted by Gasteiger charge is -2.29. The zero-order chi connectivity index (χ0) is 24.8. The molecule has 2 aromatic rings. The molecule has 1 saturated carbocycles. The second-order valence-corrected chi connectivity index (χ2v) is 10.7. The van der Waals surface area contributed by atoms with Gasteiger partial charge < -0.3 is 0 Å². The predicted octanol–water partition coefficient (Wildman–Crippen LogP) is 10.1. The standard InChI is InChI=1S/C31H38F4/c1-2-3-4-5-6-7-8-9-10-21-11-13-22(14-12-21)25-19-29(34)31(30(35)20-25)26-15-23-17-27(32)28(33)18-24(23)16-26/h15,17-22H,2-14,16H2,1H3. The monoisotopic (exact) mass is 486 g/mol. The first kappa shape index (κ1) is 26.0. The highest BCUT2D eigenvalue weighted by atomic mass is 19.2. The normalized spacial score (nSPS) is 19.6. The molecule has 4 heteroatoms. The molecule has 0 nitrogen and oxygen atoms in total. The number of hydrogen-bond donors (Lipinski definition) is 0. The fourth-order valence-corrected chi connectivity index (χ4v) is 5.98. The van der Waals surface area contributed by atoms with Crippen LogP contribution >= 0.6 is 0 Å². The van der Waals surface area contributed by atoms with E-state index in [4.69, 9.17) is 0 Å². The van der Waals surface area contributed by atoms with Crippen LogP contribution in [-0.2, 0) is 6.42 Å². The Kier molecular flexibility index (Phi) is 9.08. The molecule has 2 aromatic carbocycles. The molecule has 0 radical (unpaired) electrons. The summed E-state index contributed by atoms with van der Waals surface area (Å²) < 4.78 is 57.3. The van der Waals surface area contributed by atoms with Gasteiger partial charge in [0.1, 0.15) is 11.6 Å². The van der Waals surface area contributed by atoms with Gasteiger partial charge in [-0.05, 0) is 90.5 Å². The molecule has 1 fully saturated rings. The Labute approximate surface area is 207 Å². The fourth-order valence-electron chi connectivity index (χ4n) is 5.98. The molecule has 190 valence electrons. The van der Waals surface area contributed by atoms with E-state index in [9.17, 15) is 8.78 Å². The molecule has 0 aliphatic heterocycles. The molecule has 2 aliphatic carbocycles. The molecule has 0 heterocycles. The van der Waals surface area contributed by atoms with Gasteiger partial charge in [-0.1, -0.05) is 70.8 Å². The lowest BCUT2D eigenvalue weighted by Crippen LogP contribution is -2.14. The van der Waals surface area contributed by atoms with Gasteiger partial charge in [0.15, 0.2) is 11.6 Å². The summed E-state index contributed by atoms with van der Waals surface area (Å²) in [4.78, 5) is 0. The first-order valence-corrected chi connectivity index (χ1v) is 13.6. The maximum atomic E-state index is 15.1. The van der Waals surface area contributed by atoms with Gasteiger partial charge in [-0.2, -0.15) is 0 Å². The number of halogens is 4. The molecule has 0 aromatic heterocycles. The first-order chi connectivity index (χ1) is 17.0. The highest BCUT2D eigenvalue weighted by molar-refractivity contribution is 5.89. The third-order valence-electron chi connectivity index (χ3n) is 8.06. The largest absolute Gasteiger partial charge is 0.206 e. The second-order valence-electron chi connectivity index (χ2n) is 10.7. The van der Waals surface area contributed by atoms with Crippen LogP contribution in [0.1, 0.15) is 119 Å². The number of benzene rings is 2. The molecule has 0 atom stereocenters. The lowest BCUT2D eigenvalue weighted by atomic mass is 9.76. The van der Waals surface area contributed by atoms with Gasteiger partial charge in [0.2, 0.25) is 0 Å². The summed E-state index contributed by atoms with van der Waals surface area (Å²) in [5, 5.41) is 0. The highest BCUT2D eigenvalue weighted by Gasteiger charge is 2.26. The van der Waals surface area contributed by atoms with Gasteiger partial charge in [0.05, 0.1) is 0 Å². The van der Waals surface area contributed by atoms with Crippen LogP contribution in [0.3, 0.4) is 0 Å². The van der Waals surface area contributed by atoms with E-state index in [2.05, 4.69) is 6.92 Å². The van der Waals surface area contributed by atoms with Crippen LogP contribution in [0, 0.1) is 29.2 Å². The number of hydrogen-bond acceptors (Lipinski definition) is 0. The molecular formula is C31H38F4. The summed E-state index contributed by atoms with van der Waals surface area (Å²) in [7, 11) is 0. The van der Waals surface area contributed by atoms with Gasteiger partial charge in [-0.25, -0.2) is 17.6 Å². The summed E-state index contributed by atoms with van der Waals surface area (Å²) in [6.07, 6.45) is 18.0. The van der Waals surface area contributed by atoms with Crippen molar-refractivity contribution in [2.45, 2.75) is 103 Å².